The molecule has 0 aliphatic rings. The zero-order valence-corrected chi connectivity index (χ0v) is 8.11. The molecule has 2 aromatic heterocycles. The largest absolute Gasteiger partial charge is 0.285 e. The summed E-state index contributed by atoms with van der Waals surface area (Å²) in [4.78, 5) is 10.4. The number of H-pyrrole nitrogens is 4. The predicted molar refractivity (Wildman–Crippen MR) is 59.7 cm³/mol. The smallest absolute Gasteiger partial charge is 0.215 e. The predicted octanol–water partition coefficient (Wildman–Crippen LogP) is 2.22. The molecule has 3 rings (SSSR count). The first-order valence-electron chi connectivity index (χ1n) is 4.67. The van der Waals surface area contributed by atoms with Gasteiger partial charge in [-0.2, -0.15) is 5.10 Å². The lowest BCUT2D eigenvalue weighted by atomic mass is 10.2. The standard InChI is InChI=1S/C9H8N6O/c16-14-7-4-2-5-1-3-6-9(13-15-10-6)8(5)12-11-7/h1-4,10,12-13,15H. The Hall–Kier alpha value is -2.57. The van der Waals surface area contributed by atoms with Crippen LogP contribution in [0, 0.1) is 4.91 Å². The third-order valence-electron chi connectivity index (χ3n) is 2.41. The van der Waals surface area contributed by atoms with Gasteiger partial charge in [0.05, 0.1) is 11.0 Å². The molecule has 0 saturated heterocycles. The fourth-order valence-corrected chi connectivity index (χ4v) is 1.64. The van der Waals surface area contributed by atoms with Crippen molar-refractivity contribution in [1.29, 1.82) is 0 Å². The molecular formula is C9H8N6O. The van der Waals surface area contributed by atoms with Gasteiger partial charge in [0, 0.05) is 5.39 Å². The summed E-state index contributed by atoms with van der Waals surface area (Å²) in [5.41, 5.74) is 2.57. The Morgan fingerprint density at radius 3 is 2.81 bits per heavy atom. The second-order valence-corrected chi connectivity index (χ2v) is 3.33. The molecule has 80 valence electrons. The van der Waals surface area contributed by atoms with Crippen LogP contribution in [0.3, 0.4) is 0 Å². The first-order valence-corrected chi connectivity index (χ1v) is 4.67. The molecule has 0 fully saturated rings. The Morgan fingerprint density at radius 1 is 1.06 bits per heavy atom. The van der Waals surface area contributed by atoms with E-state index in [9.17, 15) is 4.91 Å². The third kappa shape index (κ3) is 1.18. The summed E-state index contributed by atoms with van der Waals surface area (Å²) < 4.78 is 0. The Balaban J connectivity index is 2.50. The fraction of sp³-hybridized carbons (Fsp3) is 0. The highest BCUT2D eigenvalue weighted by molar-refractivity contribution is 6.00. The molecule has 2 heterocycles. The van der Waals surface area contributed by atoms with Gasteiger partial charge < -0.3 is 0 Å². The van der Waals surface area contributed by atoms with Crippen LogP contribution in [0.15, 0.2) is 29.4 Å². The van der Waals surface area contributed by atoms with Crippen LogP contribution in [0.1, 0.15) is 0 Å². The Morgan fingerprint density at radius 2 is 1.94 bits per heavy atom. The van der Waals surface area contributed by atoms with Crippen LogP contribution in [0.2, 0.25) is 0 Å². The van der Waals surface area contributed by atoms with E-state index < -0.39 is 0 Å². The maximum absolute atomic E-state index is 10.4. The number of nitrogens with zero attached hydrogens (tertiary/aromatic N) is 2. The summed E-state index contributed by atoms with van der Waals surface area (Å²) in [5.74, 6) is 0.115. The van der Waals surface area contributed by atoms with Crippen LogP contribution in [0.4, 0.5) is 5.82 Å². The van der Waals surface area contributed by atoms with E-state index >= 15 is 0 Å². The monoisotopic (exact) mass is 216 g/mol. The number of benzene rings is 1. The molecule has 0 atom stereocenters. The number of aromatic amines is 4. The summed E-state index contributed by atoms with van der Waals surface area (Å²) in [7, 11) is 0. The van der Waals surface area contributed by atoms with Crippen molar-refractivity contribution in [2.75, 3.05) is 0 Å². The van der Waals surface area contributed by atoms with Crippen LogP contribution < -0.4 is 0 Å². The quantitative estimate of drug-likeness (QED) is 0.468. The SMILES string of the molecule is O=Nc1ccc2ccc3[nH][nH][nH]c3c2[nH]n1. The van der Waals surface area contributed by atoms with E-state index in [4.69, 9.17) is 0 Å². The zero-order chi connectivity index (χ0) is 11.0. The van der Waals surface area contributed by atoms with E-state index in [0.29, 0.717) is 0 Å². The van der Waals surface area contributed by atoms with Gasteiger partial charge in [0.25, 0.3) is 0 Å². The normalized spacial score (nSPS) is 10.8. The van der Waals surface area contributed by atoms with Gasteiger partial charge in [-0.25, -0.2) is 5.21 Å². The van der Waals surface area contributed by atoms with Crippen LogP contribution in [-0.2, 0) is 0 Å². The highest BCUT2D eigenvalue weighted by Crippen LogP contribution is 2.19. The maximum atomic E-state index is 10.4. The van der Waals surface area contributed by atoms with Crippen molar-refractivity contribution in [2.45, 2.75) is 0 Å². The lowest BCUT2D eigenvalue weighted by molar-refractivity contribution is 0.959. The second-order valence-electron chi connectivity index (χ2n) is 3.33. The summed E-state index contributed by atoms with van der Waals surface area (Å²) in [5, 5.41) is 19.1. The Bertz CT molecular complexity index is 698. The molecule has 0 aliphatic heterocycles. The molecule has 7 nitrogen and oxygen atoms in total. The molecule has 0 unspecified atom stereocenters. The number of nitroso groups, excluding NO2 is 1. The van der Waals surface area contributed by atoms with E-state index in [0.717, 1.165) is 21.9 Å². The molecule has 1 aromatic carbocycles. The molecule has 0 amide bonds. The maximum Gasteiger partial charge on any atom is 0.215 e. The zero-order valence-electron chi connectivity index (χ0n) is 8.11. The Labute approximate surface area is 88.5 Å². The van der Waals surface area contributed by atoms with E-state index in [1.165, 1.54) is 0 Å². The lowest BCUT2D eigenvalue weighted by Gasteiger charge is -1.92. The molecule has 4 N–H and O–H groups in total. The van der Waals surface area contributed by atoms with Crippen LogP contribution in [0.5, 0.6) is 0 Å². The average molecular weight is 216 g/mol. The van der Waals surface area contributed by atoms with Gasteiger partial charge in [0.2, 0.25) is 5.82 Å². The van der Waals surface area contributed by atoms with Crippen molar-refractivity contribution in [3.8, 4) is 0 Å². The molecule has 0 aliphatic carbocycles. The Kier molecular flexibility index (Phi) is 1.76. The van der Waals surface area contributed by atoms with Crippen molar-refractivity contribution in [3.05, 3.63) is 29.2 Å². The minimum absolute atomic E-state index is 0.115. The molecule has 0 saturated carbocycles. The van der Waals surface area contributed by atoms with Crippen molar-refractivity contribution in [2.24, 2.45) is 5.18 Å². The minimum atomic E-state index is 0.115. The highest BCUT2D eigenvalue weighted by atomic mass is 16.3. The number of fused-ring (bicyclic) bond motifs is 3. The van der Waals surface area contributed by atoms with E-state index in [1.807, 2.05) is 12.1 Å². The number of rotatable bonds is 1. The molecule has 0 radical (unpaired) electrons. The topological polar surface area (TPSA) is 105 Å². The van der Waals surface area contributed by atoms with Crippen LogP contribution >= 0.6 is 0 Å². The average Bonchev–Trinajstić information content (AvgIpc) is 2.69. The molecule has 7 heteroatoms. The van der Waals surface area contributed by atoms with Gasteiger partial charge in [-0.15, -0.1) is 4.91 Å². The fourth-order valence-electron chi connectivity index (χ4n) is 1.64. The van der Waals surface area contributed by atoms with Crippen molar-refractivity contribution in [3.63, 3.8) is 0 Å². The number of aromatic nitrogens is 5. The van der Waals surface area contributed by atoms with Gasteiger partial charge >= 0.3 is 0 Å². The first-order chi connectivity index (χ1) is 7.88. The van der Waals surface area contributed by atoms with Gasteiger partial charge in [0.15, 0.2) is 0 Å². The van der Waals surface area contributed by atoms with E-state index in [2.05, 4.69) is 30.8 Å². The second kappa shape index (κ2) is 3.23. The van der Waals surface area contributed by atoms with Crippen molar-refractivity contribution >= 4 is 27.8 Å². The summed E-state index contributed by atoms with van der Waals surface area (Å²) in [6.45, 7) is 0. The number of hydrogen-bond acceptors (Lipinski definition) is 3. The summed E-state index contributed by atoms with van der Waals surface area (Å²) in [6.07, 6.45) is 0. The number of nitrogens with one attached hydrogen (secondary N) is 4. The van der Waals surface area contributed by atoms with Gasteiger partial charge in [0.1, 0.15) is 5.52 Å². The highest BCUT2D eigenvalue weighted by Gasteiger charge is 2.01. The molecule has 0 spiro atoms. The first kappa shape index (κ1) is 8.72. The molecule has 3 aromatic rings. The van der Waals surface area contributed by atoms with E-state index in [1.54, 1.807) is 12.1 Å². The minimum Gasteiger partial charge on any atom is -0.285 e. The summed E-state index contributed by atoms with van der Waals surface area (Å²) >= 11 is 0. The third-order valence-corrected chi connectivity index (χ3v) is 2.41. The van der Waals surface area contributed by atoms with Crippen LogP contribution in [0.25, 0.3) is 21.9 Å². The van der Waals surface area contributed by atoms with Gasteiger partial charge in [-0.1, -0.05) is 6.07 Å². The van der Waals surface area contributed by atoms with Gasteiger partial charge in [-0.3, -0.25) is 15.3 Å². The van der Waals surface area contributed by atoms with Crippen molar-refractivity contribution in [1.82, 2.24) is 25.6 Å². The van der Waals surface area contributed by atoms with Crippen molar-refractivity contribution < 1.29 is 0 Å². The summed E-state index contributed by atoms with van der Waals surface area (Å²) in [6, 6.07) is 7.19. The number of hydrogen-bond donors (Lipinski definition) is 4. The molecule has 16 heavy (non-hydrogen) atoms. The van der Waals surface area contributed by atoms with E-state index in [-0.39, 0.29) is 5.82 Å². The molecule has 0 bridgehead atoms. The van der Waals surface area contributed by atoms with Crippen LogP contribution in [-0.4, -0.2) is 25.6 Å². The molecular weight excluding hydrogens is 208 g/mol. The lowest BCUT2D eigenvalue weighted by Crippen LogP contribution is -1.78. The van der Waals surface area contributed by atoms with Gasteiger partial charge in [-0.05, 0) is 23.4 Å².